The van der Waals surface area contributed by atoms with Crippen LogP contribution in [0.2, 0.25) is 5.02 Å². The van der Waals surface area contributed by atoms with Gasteiger partial charge in [-0.1, -0.05) is 45.7 Å². The molecule has 0 aliphatic rings. The van der Waals surface area contributed by atoms with E-state index in [4.69, 9.17) is 16.3 Å². The first kappa shape index (κ1) is 23.1. The number of esters is 1. The van der Waals surface area contributed by atoms with Gasteiger partial charge in [-0.25, -0.2) is 9.78 Å². The Morgan fingerprint density at radius 1 is 1.28 bits per heavy atom. The maximum Gasteiger partial charge on any atom is 0.387 e. The van der Waals surface area contributed by atoms with Crippen LogP contribution in [-0.2, 0) is 17.7 Å². The Morgan fingerprint density at radius 2 is 1.97 bits per heavy atom. The zero-order chi connectivity index (χ0) is 21.7. The van der Waals surface area contributed by atoms with Crippen LogP contribution in [0.15, 0.2) is 18.2 Å². The molecule has 0 spiro atoms. The summed E-state index contributed by atoms with van der Waals surface area (Å²) >= 11 is 6.14. The topological polar surface area (TPSA) is 53.4 Å². The molecule has 1 aromatic heterocycles. The van der Waals surface area contributed by atoms with Crippen LogP contribution < -0.4 is 4.74 Å². The number of carbonyl (C=O) groups is 1. The van der Waals surface area contributed by atoms with Crippen molar-refractivity contribution in [1.82, 2.24) is 9.55 Å². The summed E-state index contributed by atoms with van der Waals surface area (Å²) in [5.41, 5.74) is 1.68. The summed E-state index contributed by atoms with van der Waals surface area (Å²) in [5, 5.41) is 0.0471. The third-order valence-corrected chi connectivity index (χ3v) is 5.25. The number of benzene rings is 1. The molecule has 0 saturated carbocycles. The molecule has 0 N–H and O–H groups in total. The van der Waals surface area contributed by atoms with Gasteiger partial charge in [0.2, 0.25) is 0 Å². The SMILES string of the molecule is CCCc1c(C(=O)OC)nc(-c2ccc(OC(F)F)c(Cl)c2)n1CC(C)C(C)C. The zero-order valence-corrected chi connectivity index (χ0v) is 18.1. The largest absolute Gasteiger partial charge is 0.464 e. The summed E-state index contributed by atoms with van der Waals surface area (Å²) in [5.74, 6) is 0.676. The minimum Gasteiger partial charge on any atom is -0.464 e. The van der Waals surface area contributed by atoms with Gasteiger partial charge in [-0.05, 0) is 36.5 Å². The fourth-order valence-corrected chi connectivity index (χ4v) is 3.21. The van der Waals surface area contributed by atoms with E-state index in [1.54, 1.807) is 6.07 Å². The number of nitrogens with zero attached hydrogens (tertiary/aromatic N) is 2. The Balaban J connectivity index is 2.62. The molecule has 1 unspecified atom stereocenters. The van der Waals surface area contributed by atoms with Crippen molar-refractivity contribution >= 4 is 17.6 Å². The van der Waals surface area contributed by atoms with Gasteiger partial charge in [0.05, 0.1) is 17.8 Å². The van der Waals surface area contributed by atoms with Gasteiger partial charge in [-0.15, -0.1) is 0 Å². The highest BCUT2D eigenvalue weighted by atomic mass is 35.5. The maximum atomic E-state index is 12.5. The predicted molar refractivity (Wildman–Crippen MR) is 109 cm³/mol. The minimum atomic E-state index is -2.96. The van der Waals surface area contributed by atoms with Crippen molar-refractivity contribution in [3.63, 3.8) is 0 Å². The van der Waals surface area contributed by atoms with Gasteiger partial charge in [-0.3, -0.25) is 0 Å². The number of ether oxygens (including phenoxy) is 2. The summed E-state index contributed by atoms with van der Waals surface area (Å²) in [6.45, 7) is 6.12. The highest BCUT2D eigenvalue weighted by Crippen LogP contribution is 2.33. The first-order valence-corrected chi connectivity index (χ1v) is 9.99. The standard InChI is InChI=1S/C21H27ClF2N2O3/c1-6-7-16-18(20(27)28-5)25-19(26(16)11-13(4)12(2)3)14-8-9-17(15(22)10-14)29-21(23)24/h8-10,12-13,21H,6-7,11H2,1-5H3. The van der Waals surface area contributed by atoms with E-state index in [0.717, 1.165) is 12.1 Å². The lowest BCUT2D eigenvalue weighted by Gasteiger charge is -2.20. The summed E-state index contributed by atoms with van der Waals surface area (Å²) in [7, 11) is 1.32. The number of carbonyl (C=O) groups excluding carboxylic acids is 1. The minimum absolute atomic E-state index is 0.0471. The van der Waals surface area contributed by atoms with Crippen molar-refractivity contribution in [1.29, 1.82) is 0 Å². The molecular weight excluding hydrogens is 402 g/mol. The lowest BCUT2D eigenvalue weighted by atomic mass is 9.97. The summed E-state index contributed by atoms with van der Waals surface area (Å²) in [4.78, 5) is 16.9. The van der Waals surface area contributed by atoms with Crippen molar-refractivity contribution in [2.45, 2.75) is 53.7 Å². The van der Waals surface area contributed by atoms with Crippen LogP contribution in [0, 0.1) is 11.8 Å². The van der Waals surface area contributed by atoms with E-state index in [2.05, 4.69) is 30.5 Å². The smallest absolute Gasteiger partial charge is 0.387 e. The molecule has 0 fully saturated rings. The monoisotopic (exact) mass is 428 g/mol. The molecule has 0 saturated heterocycles. The Kier molecular flexibility index (Phi) is 8.02. The summed E-state index contributed by atoms with van der Waals surface area (Å²) in [6.07, 6.45) is 1.48. The van der Waals surface area contributed by atoms with Crippen LogP contribution in [-0.4, -0.2) is 29.2 Å². The highest BCUT2D eigenvalue weighted by Gasteiger charge is 2.25. The quantitative estimate of drug-likeness (QED) is 0.471. The fraction of sp³-hybridized carbons (Fsp3) is 0.524. The number of aromatic nitrogens is 2. The van der Waals surface area contributed by atoms with E-state index in [1.807, 2.05) is 11.5 Å². The van der Waals surface area contributed by atoms with E-state index < -0.39 is 12.6 Å². The molecule has 0 amide bonds. The van der Waals surface area contributed by atoms with Gasteiger partial charge in [0.25, 0.3) is 0 Å². The zero-order valence-electron chi connectivity index (χ0n) is 17.3. The molecule has 0 aliphatic carbocycles. The lowest BCUT2D eigenvalue weighted by molar-refractivity contribution is -0.0497. The Bertz CT molecular complexity index is 853. The third-order valence-electron chi connectivity index (χ3n) is 4.95. The molecule has 1 aromatic carbocycles. The Labute approximate surface area is 175 Å². The molecule has 29 heavy (non-hydrogen) atoms. The fourth-order valence-electron chi connectivity index (χ4n) is 2.98. The molecule has 8 heteroatoms. The lowest BCUT2D eigenvalue weighted by Crippen LogP contribution is -2.17. The van der Waals surface area contributed by atoms with Crippen LogP contribution in [0.25, 0.3) is 11.4 Å². The van der Waals surface area contributed by atoms with Gasteiger partial charge < -0.3 is 14.0 Å². The number of hydrogen-bond acceptors (Lipinski definition) is 4. The normalized spacial score (nSPS) is 12.5. The van der Waals surface area contributed by atoms with Gasteiger partial charge in [0, 0.05) is 12.1 Å². The number of halogens is 3. The Hall–Kier alpha value is -2.15. The second-order valence-corrected chi connectivity index (χ2v) is 7.74. The van der Waals surface area contributed by atoms with E-state index in [0.29, 0.717) is 36.2 Å². The third kappa shape index (κ3) is 5.47. The summed E-state index contributed by atoms with van der Waals surface area (Å²) < 4.78 is 36.4. The number of hydrogen-bond donors (Lipinski definition) is 0. The first-order valence-electron chi connectivity index (χ1n) is 9.61. The van der Waals surface area contributed by atoms with Crippen molar-refractivity contribution in [2.75, 3.05) is 7.11 Å². The maximum absolute atomic E-state index is 12.5. The highest BCUT2D eigenvalue weighted by molar-refractivity contribution is 6.32. The average molecular weight is 429 g/mol. The average Bonchev–Trinajstić information content (AvgIpc) is 3.01. The second-order valence-electron chi connectivity index (χ2n) is 7.33. The van der Waals surface area contributed by atoms with Crippen molar-refractivity contribution in [3.05, 3.63) is 34.6 Å². The Morgan fingerprint density at radius 3 is 2.48 bits per heavy atom. The van der Waals surface area contributed by atoms with Crippen LogP contribution in [0.1, 0.15) is 50.3 Å². The van der Waals surface area contributed by atoms with Crippen molar-refractivity contribution in [2.24, 2.45) is 11.8 Å². The van der Waals surface area contributed by atoms with E-state index in [-0.39, 0.29) is 16.5 Å². The van der Waals surface area contributed by atoms with Crippen LogP contribution in [0.5, 0.6) is 5.75 Å². The van der Waals surface area contributed by atoms with E-state index >= 15 is 0 Å². The molecule has 0 bridgehead atoms. The summed E-state index contributed by atoms with van der Waals surface area (Å²) in [6, 6.07) is 4.51. The van der Waals surface area contributed by atoms with Gasteiger partial charge in [-0.2, -0.15) is 8.78 Å². The van der Waals surface area contributed by atoms with Crippen LogP contribution >= 0.6 is 11.6 Å². The van der Waals surface area contributed by atoms with Crippen LogP contribution in [0.3, 0.4) is 0 Å². The molecule has 0 radical (unpaired) electrons. The molecule has 5 nitrogen and oxygen atoms in total. The molecule has 2 aromatic rings. The molecule has 1 heterocycles. The van der Waals surface area contributed by atoms with Crippen molar-refractivity contribution < 1.29 is 23.0 Å². The van der Waals surface area contributed by atoms with Gasteiger partial charge >= 0.3 is 12.6 Å². The first-order chi connectivity index (χ1) is 13.7. The van der Waals surface area contributed by atoms with E-state index in [1.165, 1.54) is 19.2 Å². The van der Waals surface area contributed by atoms with Gasteiger partial charge in [0.15, 0.2) is 5.69 Å². The number of alkyl halides is 2. The second kappa shape index (κ2) is 10.1. The molecular formula is C21H27ClF2N2O3. The van der Waals surface area contributed by atoms with Crippen molar-refractivity contribution in [3.8, 4) is 17.1 Å². The van der Waals surface area contributed by atoms with E-state index in [9.17, 15) is 13.6 Å². The number of methoxy groups -OCH3 is 1. The van der Waals surface area contributed by atoms with Gasteiger partial charge in [0.1, 0.15) is 11.6 Å². The molecule has 0 aliphatic heterocycles. The molecule has 2 rings (SSSR count). The number of rotatable bonds is 9. The molecule has 1 atom stereocenters. The molecule has 160 valence electrons. The predicted octanol–water partition coefficient (Wildman–Crippen LogP) is 5.84. The van der Waals surface area contributed by atoms with Crippen LogP contribution in [0.4, 0.5) is 8.78 Å². The number of imidazole rings is 1.